The molecule has 2 fully saturated rings. The second-order valence-corrected chi connectivity index (χ2v) is 10.2. The summed E-state index contributed by atoms with van der Waals surface area (Å²) in [7, 11) is 0. The molecule has 0 spiro atoms. The van der Waals surface area contributed by atoms with Crippen LogP contribution in [0, 0.1) is 0 Å². The molecular formula is C28H33F6N. The maximum absolute atomic E-state index is 14.3. The van der Waals surface area contributed by atoms with Crippen LogP contribution in [0.2, 0.25) is 0 Å². The molecule has 2 saturated carbocycles. The van der Waals surface area contributed by atoms with Gasteiger partial charge in [-0.05, 0) is 73.9 Å². The van der Waals surface area contributed by atoms with E-state index in [9.17, 15) is 26.3 Å². The van der Waals surface area contributed by atoms with Crippen LogP contribution in [0.1, 0.15) is 74.1 Å². The van der Waals surface area contributed by atoms with Crippen molar-refractivity contribution in [1.29, 1.82) is 0 Å². The molecule has 4 rings (SSSR count). The van der Waals surface area contributed by atoms with Crippen LogP contribution >= 0.6 is 0 Å². The molecule has 2 aliphatic carbocycles. The molecule has 0 radical (unpaired) electrons. The third-order valence-electron chi connectivity index (χ3n) is 8.30. The van der Waals surface area contributed by atoms with Gasteiger partial charge in [-0.25, -0.2) is 0 Å². The number of benzene rings is 2. The molecule has 0 saturated heterocycles. The Hall–Kier alpha value is -2.02. The maximum Gasteiger partial charge on any atom is 0.398 e. The molecule has 0 atom stereocenters. The van der Waals surface area contributed by atoms with Crippen LogP contribution in [-0.2, 0) is 23.8 Å². The van der Waals surface area contributed by atoms with Gasteiger partial charge in [0.2, 0.25) is 0 Å². The number of hydrogen-bond acceptors (Lipinski definition) is 1. The summed E-state index contributed by atoms with van der Waals surface area (Å²) in [5.74, 6) is 0. The van der Waals surface area contributed by atoms with Crippen LogP contribution in [-0.4, -0.2) is 30.3 Å². The largest absolute Gasteiger partial charge is 0.398 e. The minimum Gasteiger partial charge on any atom is -0.299 e. The summed E-state index contributed by atoms with van der Waals surface area (Å²) in [6, 6.07) is 14.2. The number of nitrogens with zero attached hydrogens (tertiary/aromatic N) is 1. The van der Waals surface area contributed by atoms with E-state index in [-0.39, 0.29) is 48.8 Å². The maximum atomic E-state index is 14.3. The lowest BCUT2D eigenvalue weighted by Gasteiger charge is -2.48. The van der Waals surface area contributed by atoms with Gasteiger partial charge in [0.05, 0.1) is 10.8 Å². The predicted molar refractivity (Wildman–Crippen MR) is 125 cm³/mol. The molecule has 35 heavy (non-hydrogen) atoms. The van der Waals surface area contributed by atoms with E-state index < -0.39 is 23.2 Å². The van der Waals surface area contributed by atoms with Crippen LogP contribution in [0.25, 0.3) is 0 Å². The van der Waals surface area contributed by atoms with Gasteiger partial charge in [-0.1, -0.05) is 68.3 Å². The molecule has 0 aliphatic heterocycles. The van der Waals surface area contributed by atoms with Gasteiger partial charge in [0, 0.05) is 6.54 Å². The summed E-state index contributed by atoms with van der Waals surface area (Å²) in [6.07, 6.45) is -7.58. The van der Waals surface area contributed by atoms with Crippen molar-refractivity contribution in [3.63, 3.8) is 0 Å². The summed E-state index contributed by atoms with van der Waals surface area (Å²) in [6.45, 7) is 4.08. The van der Waals surface area contributed by atoms with Gasteiger partial charge in [-0.15, -0.1) is 0 Å². The molecular weight excluding hydrogens is 464 g/mol. The molecule has 1 nitrogen and oxygen atoms in total. The summed E-state index contributed by atoms with van der Waals surface area (Å²) in [5.41, 5.74) is -2.47. The van der Waals surface area contributed by atoms with Crippen molar-refractivity contribution < 1.29 is 26.3 Å². The van der Waals surface area contributed by atoms with Gasteiger partial charge in [0.1, 0.15) is 0 Å². The Balaban J connectivity index is 1.66. The first-order valence-electron chi connectivity index (χ1n) is 12.6. The van der Waals surface area contributed by atoms with Gasteiger partial charge >= 0.3 is 12.4 Å². The molecule has 0 N–H and O–H groups in total. The van der Waals surface area contributed by atoms with Crippen LogP contribution in [0.3, 0.4) is 0 Å². The van der Waals surface area contributed by atoms with Gasteiger partial charge < -0.3 is 0 Å². The fraction of sp³-hybridized carbons (Fsp3) is 0.571. The second kappa shape index (κ2) is 9.79. The molecule has 0 bridgehead atoms. The first-order chi connectivity index (χ1) is 16.5. The highest BCUT2D eigenvalue weighted by atomic mass is 19.4. The zero-order valence-electron chi connectivity index (χ0n) is 20.1. The van der Waals surface area contributed by atoms with E-state index in [1.165, 1.54) is 18.2 Å². The Labute approximate surface area is 203 Å². The number of halogens is 6. The van der Waals surface area contributed by atoms with E-state index in [4.69, 9.17) is 0 Å². The van der Waals surface area contributed by atoms with Crippen molar-refractivity contribution in [2.75, 3.05) is 13.1 Å². The fourth-order valence-corrected chi connectivity index (χ4v) is 5.89. The third kappa shape index (κ3) is 4.73. The van der Waals surface area contributed by atoms with Crippen molar-refractivity contribution in [3.05, 3.63) is 70.8 Å². The Morgan fingerprint density at radius 2 is 1.26 bits per heavy atom. The SMILES string of the molecule is CCN(CCCc1c(C2(C(F)(F)F)CCC2)cccc1C1(C(F)(F)F)CCC1)Cc1ccccc1. The Kier molecular flexibility index (Phi) is 7.29. The normalized spacial score (nSPS) is 19.3. The van der Waals surface area contributed by atoms with E-state index in [1.54, 1.807) is 0 Å². The highest BCUT2D eigenvalue weighted by Crippen LogP contribution is 2.59. The lowest BCUT2D eigenvalue weighted by atomic mass is 9.58. The molecule has 2 aromatic carbocycles. The molecule has 0 aromatic heterocycles. The topological polar surface area (TPSA) is 3.24 Å². The standard InChI is InChI=1S/C28H33F6N/c1-2-35(20-21-10-4-3-5-11-21)19-7-12-22-23(25(15-8-16-25)27(29,30)31)13-6-14-24(22)26(17-9-18-26)28(32,33)34/h3-6,10-11,13-14H,2,7-9,12,15-20H2,1H3. The van der Waals surface area contributed by atoms with Crippen LogP contribution < -0.4 is 0 Å². The Bertz CT molecular complexity index is 936. The minimum absolute atomic E-state index is 0.0545. The highest BCUT2D eigenvalue weighted by molar-refractivity contribution is 5.48. The molecule has 0 amide bonds. The second-order valence-electron chi connectivity index (χ2n) is 10.2. The molecule has 0 heterocycles. The van der Waals surface area contributed by atoms with Gasteiger partial charge in [-0.2, -0.15) is 26.3 Å². The first kappa shape index (κ1) is 26.1. The van der Waals surface area contributed by atoms with Crippen LogP contribution in [0.4, 0.5) is 26.3 Å². The summed E-state index contributed by atoms with van der Waals surface area (Å²) >= 11 is 0. The Morgan fingerprint density at radius 3 is 1.66 bits per heavy atom. The molecule has 2 aromatic rings. The van der Waals surface area contributed by atoms with Gasteiger partial charge in [0.25, 0.3) is 0 Å². The van der Waals surface area contributed by atoms with Crippen molar-refractivity contribution >= 4 is 0 Å². The number of hydrogen-bond donors (Lipinski definition) is 0. The van der Waals surface area contributed by atoms with Crippen LogP contribution in [0.15, 0.2) is 48.5 Å². The third-order valence-corrected chi connectivity index (χ3v) is 8.30. The minimum atomic E-state index is -4.48. The average Bonchev–Trinajstić information content (AvgIpc) is 2.71. The number of rotatable bonds is 9. The van der Waals surface area contributed by atoms with Crippen LogP contribution in [0.5, 0.6) is 0 Å². The van der Waals surface area contributed by atoms with Gasteiger partial charge in [-0.3, -0.25) is 4.90 Å². The van der Waals surface area contributed by atoms with E-state index >= 15 is 0 Å². The summed E-state index contributed by atoms with van der Waals surface area (Å²) < 4.78 is 85.8. The Morgan fingerprint density at radius 1 is 0.743 bits per heavy atom. The van der Waals surface area contributed by atoms with Crippen molar-refractivity contribution in [2.24, 2.45) is 0 Å². The smallest absolute Gasteiger partial charge is 0.299 e. The number of alkyl halides is 6. The van der Waals surface area contributed by atoms with Crippen molar-refractivity contribution in [2.45, 2.75) is 88.0 Å². The fourth-order valence-electron chi connectivity index (χ4n) is 5.89. The lowest BCUT2D eigenvalue weighted by Crippen LogP contribution is -2.51. The van der Waals surface area contributed by atoms with Gasteiger partial charge in [0.15, 0.2) is 0 Å². The summed E-state index contributed by atoms with van der Waals surface area (Å²) in [5, 5.41) is 0. The van der Waals surface area contributed by atoms with E-state index in [0.29, 0.717) is 32.4 Å². The van der Waals surface area contributed by atoms with E-state index in [1.807, 2.05) is 37.3 Å². The van der Waals surface area contributed by atoms with Crippen molar-refractivity contribution in [1.82, 2.24) is 4.90 Å². The van der Waals surface area contributed by atoms with E-state index in [2.05, 4.69) is 4.90 Å². The molecule has 192 valence electrons. The predicted octanol–water partition coefficient (Wildman–Crippen LogP) is 8.11. The van der Waals surface area contributed by atoms with E-state index in [0.717, 1.165) is 12.1 Å². The first-order valence-corrected chi connectivity index (χ1v) is 12.6. The highest BCUT2D eigenvalue weighted by Gasteiger charge is 2.63. The monoisotopic (exact) mass is 497 g/mol. The zero-order chi connectivity index (χ0) is 25.3. The van der Waals surface area contributed by atoms with Crippen molar-refractivity contribution in [3.8, 4) is 0 Å². The lowest BCUT2D eigenvalue weighted by molar-refractivity contribution is -0.215. The zero-order valence-corrected chi connectivity index (χ0v) is 20.1. The molecule has 7 heteroatoms. The average molecular weight is 498 g/mol. The quantitative estimate of drug-likeness (QED) is 0.316. The summed E-state index contributed by atoms with van der Waals surface area (Å²) in [4.78, 5) is 2.18. The molecule has 2 aliphatic rings. The molecule has 0 unspecified atom stereocenters.